The maximum Gasteiger partial charge on any atom is 0.305 e. The van der Waals surface area contributed by atoms with Crippen molar-refractivity contribution in [3.63, 3.8) is 0 Å². The molecule has 20 heavy (non-hydrogen) atoms. The van der Waals surface area contributed by atoms with Gasteiger partial charge in [-0.25, -0.2) is 0 Å². The molecule has 0 spiro atoms. The van der Waals surface area contributed by atoms with Crippen molar-refractivity contribution in [3.8, 4) is 0 Å². The highest BCUT2D eigenvalue weighted by atomic mass is 16.5. The van der Waals surface area contributed by atoms with Crippen molar-refractivity contribution >= 4 is 11.8 Å². The normalized spacial score (nSPS) is 11.9. The lowest BCUT2D eigenvalue weighted by molar-refractivity contribution is -0.140. The number of carbonyl (C=O) groups excluding carboxylic acids is 2. The predicted octanol–water partition coefficient (Wildman–Crippen LogP) is 1.16. The molecule has 0 aliphatic carbocycles. The molecule has 0 heterocycles. The third-order valence-corrected chi connectivity index (χ3v) is 2.97. The number of hydrogen-bond donors (Lipinski definition) is 2. The lowest BCUT2D eigenvalue weighted by atomic mass is 10.00. The van der Waals surface area contributed by atoms with Gasteiger partial charge in [0.2, 0.25) is 0 Å². The van der Waals surface area contributed by atoms with Gasteiger partial charge in [-0.1, -0.05) is 30.3 Å². The second kappa shape index (κ2) is 9.23. The number of benzene rings is 1. The van der Waals surface area contributed by atoms with Crippen LogP contribution < -0.4 is 5.32 Å². The van der Waals surface area contributed by atoms with Crippen LogP contribution in [0.5, 0.6) is 0 Å². The van der Waals surface area contributed by atoms with E-state index in [0.717, 1.165) is 0 Å². The number of aliphatic hydroxyl groups is 1. The van der Waals surface area contributed by atoms with E-state index in [9.17, 15) is 9.59 Å². The molecule has 0 amide bonds. The zero-order valence-corrected chi connectivity index (χ0v) is 11.7. The van der Waals surface area contributed by atoms with Gasteiger partial charge in [0.25, 0.3) is 0 Å². The summed E-state index contributed by atoms with van der Waals surface area (Å²) in [5, 5.41) is 11.9. The van der Waals surface area contributed by atoms with E-state index >= 15 is 0 Å². The molecule has 1 aromatic rings. The molecule has 110 valence electrons. The van der Waals surface area contributed by atoms with E-state index in [1.165, 1.54) is 7.11 Å². The maximum atomic E-state index is 12.4. The molecule has 0 saturated carbocycles. The summed E-state index contributed by atoms with van der Waals surface area (Å²) < 4.78 is 4.59. The predicted molar refractivity (Wildman–Crippen MR) is 75.5 cm³/mol. The SMILES string of the molecule is COC(=O)CCC(NCCCO)C(=O)c1ccccc1. The molecule has 1 atom stereocenters. The molecule has 0 aromatic heterocycles. The second-order valence-corrected chi connectivity index (χ2v) is 4.43. The molecule has 0 bridgehead atoms. The Morgan fingerprint density at radius 1 is 1.30 bits per heavy atom. The van der Waals surface area contributed by atoms with Crippen molar-refractivity contribution in [2.75, 3.05) is 20.3 Å². The van der Waals surface area contributed by atoms with Crippen molar-refractivity contribution in [2.45, 2.75) is 25.3 Å². The van der Waals surface area contributed by atoms with Gasteiger partial charge in [0.1, 0.15) is 0 Å². The second-order valence-electron chi connectivity index (χ2n) is 4.43. The fraction of sp³-hybridized carbons (Fsp3) is 0.467. The van der Waals surface area contributed by atoms with Gasteiger partial charge in [0, 0.05) is 18.6 Å². The Kier molecular flexibility index (Phi) is 7.54. The average molecular weight is 279 g/mol. The summed E-state index contributed by atoms with van der Waals surface area (Å²) in [5.74, 6) is -0.382. The van der Waals surface area contributed by atoms with E-state index in [1.54, 1.807) is 24.3 Å². The van der Waals surface area contributed by atoms with Crippen LogP contribution in [0.1, 0.15) is 29.6 Å². The average Bonchev–Trinajstić information content (AvgIpc) is 2.50. The lowest BCUT2D eigenvalue weighted by Crippen LogP contribution is -2.38. The van der Waals surface area contributed by atoms with Crippen LogP contribution in [-0.2, 0) is 9.53 Å². The Bertz CT molecular complexity index is 419. The molecule has 2 N–H and O–H groups in total. The molecule has 1 unspecified atom stereocenters. The van der Waals surface area contributed by atoms with Crippen molar-refractivity contribution in [3.05, 3.63) is 35.9 Å². The highest BCUT2D eigenvalue weighted by molar-refractivity contribution is 6.00. The van der Waals surface area contributed by atoms with Gasteiger partial charge >= 0.3 is 5.97 Å². The minimum Gasteiger partial charge on any atom is -0.469 e. The smallest absolute Gasteiger partial charge is 0.305 e. The van der Waals surface area contributed by atoms with Crippen LogP contribution in [0.15, 0.2) is 30.3 Å². The number of aliphatic hydroxyl groups excluding tert-OH is 1. The van der Waals surface area contributed by atoms with Gasteiger partial charge in [-0.05, 0) is 19.4 Å². The van der Waals surface area contributed by atoms with Gasteiger partial charge in [-0.2, -0.15) is 0 Å². The van der Waals surface area contributed by atoms with Crippen LogP contribution in [0.25, 0.3) is 0 Å². The number of hydrogen-bond acceptors (Lipinski definition) is 5. The third kappa shape index (κ3) is 5.50. The fourth-order valence-electron chi connectivity index (χ4n) is 1.85. The Labute approximate surface area is 118 Å². The van der Waals surface area contributed by atoms with Crippen LogP contribution in [0.3, 0.4) is 0 Å². The monoisotopic (exact) mass is 279 g/mol. The largest absolute Gasteiger partial charge is 0.469 e. The molecule has 0 saturated heterocycles. The topological polar surface area (TPSA) is 75.6 Å². The molecule has 1 aromatic carbocycles. The molecule has 1 rings (SSSR count). The summed E-state index contributed by atoms with van der Waals surface area (Å²) in [7, 11) is 1.33. The van der Waals surface area contributed by atoms with Crippen LogP contribution in [-0.4, -0.2) is 43.2 Å². The number of esters is 1. The van der Waals surface area contributed by atoms with Crippen molar-refractivity contribution in [1.82, 2.24) is 5.32 Å². The minimum atomic E-state index is -0.442. The quantitative estimate of drug-likeness (QED) is 0.403. The van der Waals surface area contributed by atoms with Crippen LogP contribution in [0.2, 0.25) is 0 Å². The number of methoxy groups -OCH3 is 1. The molecule has 0 aliphatic rings. The molecule has 0 radical (unpaired) electrons. The Balaban J connectivity index is 2.65. The summed E-state index contributed by atoms with van der Waals surface area (Å²) in [6.07, 6.45) is 1.13. The number of ketones is 1. The zero-order chi connectivity index (χ0) is 14.8. The van der Waals surface area contributed by atoms with Gasteiger partial charge < -0.3 is 15.2 Å². The molecule has 0 fully saturated rings. The van der Waals surface area contributed by atoms with E-state index in [0.29, 0.717) is 24.9 Å². The van der Waals surface area contributed by atoms with Gasteiger partial charge in [-0.15, -0.1) is 0 Å². The van der Waals surface area contributed by atoms with Crippen LogP contribution >= 0.6 is 0 Å². The van der Waals surface area contributed by atoms with Crippen molar-refractivity contribution < 1.29 is 19.4 Å². The number of Topliss-reactive ketones (excluding diaryl/α,β-unsaturated/α-hetero) is 1. The first-order valence-electron chi connectivity index (χ1n) is 6.69. The Morgan fingerprint density at radius 2 is 2.00 bits per heavy atom. The van der Waals surface area contributed by atoms with E-state index in [4.69, 9.17) is 5.11 Å². The first kappa shape index (κ1) is 16.3. The summed E-state index contributed by atoms with van der Waals surface area (Å²) >= 11 is 0. The maximum absolute atomic E-state index is 12.4. The summed E-state index contributed by atoms with van der Waals surface area (Å²) in [5.41, 5.74) is 0.610. The van der Waals surface area contributed by atoms with Crippen molar-refractivity contribution in [1.29, 1.82) is 0 Å². The molecular weight excluding hydrogens is 258 g/mol. The standard InChI is InChI=1S/C15H21NO4/c1-20-14(18)9-8-13(16-10-5-11-17)15(19)12-6-3-2-4-7-12/h2-4,6-7,13,16-17H,5,8-11H2,1H3. The van der Waals surface area contributed by atoms with E-state index in [1.807, 2.05) is 6.07 Å². The summed E-state index contributed by atoms with van der Waals surface area (Å²) in [6.45, 7) is 0.594. The Morgan fingerprint density at radius 3 is 2.60 bits per heavy atom. The van der Waals surface area contributed by atoms with Crippen LogP contribution in [0.4, 0.5) is 0 Å². The first-order chi connectivity index (χ1) is 9.69. The summed E-state index contributed by atoms with van der Waals surface area (Å²) in [4.78, 5) is 23.6. The highest BCUT2D eigenvalue weighted by Crippen LogP contribution is 2.09. The first-order valence-corrected chi connectivity index (χ1v) is 6.69. The van der Waals surface area contributed by atoms with E-state index < -0.39 is 6.04 Å². The zero-order valence-electron chi connectivity index (χ0n) is 11.7. The van der Waals surface area contributed by atoms with Gasteiger partial charge in [-0.3, -0.25) is 9.59 Å². The number of rotatable bonds is 9. The number of nitrogens with one attached hydrogen (secondary N) is 1. The van der Waals surface area contributed by atoms with Gasteiger partial charge in [0.15, 0.2) is 5.78 Å². The highest BCUT2D eigenvalue weighted by Gasteiger charge is 2.20. The minimum absolute atomic E-state index is 0.0487. The van der Waals surface area contributed by atoms with Crippen molar-refractivity contribution in [2.24, 2.45) is 0 Å². The van der Waals surface area contributed by atoms with Gasteiger partial charge in [0.05, 0.1) is 13.2 Å². The molecule has 5 nitrogen and oxygen atoms in total. The summed E-state index contributed by atoms with van der Waals surface area (Å²) in [6, 6.07) is 8.52. The fourth-order valence-corrected chi connectivity index (χ4v) is 1.85. The molecule has 5 heteroatoms. The third-order valence-electron chi connectivity index (χ3n) is 2.97. The Hall–Kier alpha value is -1.72. The number of carbonyl (C=O) groups is 2. The van der Waals surface area contributed by atoms with Crippen LogP contribution in [0, 0.1) is 0 Å². The molecule has 0 aliphatic heterocycles. The number of ether oxygens (including phenoxy) is 1. The van der Waals surface area contributed by atoms with E-state index in [2.05, 4.69) is 10.1 Å². The molecular formula is C15H21NO4. The lowest BCUT2D eigenvalue weighted by Gasteiger charge is -2.17. The van der Waals surface area contributed by atoms with E-state index in [-0.39, 0.29) is 24.8 Å².